The number of hydrogen-bond acceptors (Lipinski definition) is 4. The van der Waals surface area contributed by atoms with Crippen LogP contribution in [0.15, 0.2) is 24.3 Å². The number of carbonyl (C=O) groups is 2. The number of amides is 2. The summed E-state index contributed by atoms with van der Waals surface area (Å²) in [4.78, 5) is 25.9. The standard InChI is InChI=1S/C19H29N3O3/c1-14(22-10-4-5-16(8-11-22)9-12-23)19(25)21-18-7-3-6-17(13-18)20-15(2)24/h3,6-7,13-14,16,23H,4-5,8-12H2,1-2H3,(H,20,24)(H,21,25). The predicted molar refractivity (Wildman–Crippen MR) is 99.5 cm³/mol. The zero-order chi connectivity index (χ0) is 18.2. The van der Waals surface area contributed by atoms with Crippen LogP contribution in [-0.4, -0.2) is 47.6 Å². The second-order valence-electron chi connectivity index (χ2n) is 6.77. The highest BCUT2D eigenvalue weighted by molar-refractivity contribution is 5.96. The first-order valence-electron chi connectivity index (χ1n) is 9.03. The van der Waals surface area contributed by atoms with Crippen LogP contribution >= 0.6 is 0 Å². The molecule has 1 aliphatic rings. The van der Waals surface area contributed by atoms with Gasteiger partial charge in [0.2, 0.25) is 11.8 Å². The van der Waals surface area contributed by atoms with Gasteiger partial charge in [0.25, 0.3) is 0 Å². The van der Waals surface area contributed by atoms with Gasteiger partial charge in [-0.05, 0) is 69.8 Å². The number of rotatable bonds is 6. The number of aliphatic hydroxyl groups is 1. The molecule has 0 spiro atoms. The van der Waals surface area contributed by atoms with Crippen LogP contribution in [-0.2, 0) is 9.59 Å². The lowest BCUT2D eigenvalue weighted by atomic mass is 9.98. The SMILES string of the molecule is CC(=O)Nc1cccc(NC(=O)C(C)N2CCCC(CCO)CC2)c1. The molecule has 2 atom stereocenters. The molecule has 0 bridgehead atoms. The van der Waals surface area contributed by atoms with Crippen molar-refractivity contribution in [1.82, 2.24) is 4.90 Å². The number of hydrogen-bond donors (Lipinski definition) is 3. The molecule has 6 nitrogen and oxygen atoms in total. The predicted octanol–water partition coefficient (Wildman–Crippen LogP) is 2.46. The van der Waals surface area contributed by atoms with Crippen LogP contribution in [0, 0.1) is 5.92 Å². The first kappa shape index (κ1) is 19.4. The summed E-state index contributed by atoms with van der Waals surface area (Å²) in [6, 6.07) is 6.95. The van der Waals surface area contributed by atoms with Crippen molar-refractivity contribution in [2.45, 2.75) is 45.6 Å². The summed E-state index contributed by atoms with van der Waals surface area (Å²) in [5, 5.41) is 14.8. The van der Waals surface area contributed by atoms with Crippen LogP contribution in [0.3, 0.4) is 0 Å². The lowest BCUT2D eigenvalue weighted by Crippen LogP contribution is -2.42. The Morgan fingerprint density at radius 2 is 1.96 bits per heavy atom. The fourth-order valence-electron chi connectivity index (χ4n) is 3.34. The average molecular weight is 347 g/mol. The minimum Gasteiger partial charge on any atom is -0.396 e. The largest absolute Gasteiger partial charge is 0.396 e. The Morgan fingerprint density at radius 1 is 1.24 bits per heavy atom. The van der Waals surface area contributed by atoms with E-state index in [9.17, 15) is 9.59 Å². The van der Waals surface area contributed by atoms with Crippen molar-refractivity contribution in [3.8, 4) is 0 Å². The van der Waals surface area contributed by atoms with Crippen molar-refractivity contribution in [1.29, 1.82) is 0 Å². The maximum absolute atomic E-state index is 12.6. The molecule has 0 aliphatic carbocycles. The molecule has 2 unspecified atom stereocenters. The van der Waals surface area contributed by atoms with Crippen LogP contribution in [0.25, 0.3) is 0 Å². The van der Waals surface area contributed by atoms with Crippen LogP contribution in [0.5, 0.6) is 0 Å². The maximum atomic E-state index is 12.6. The van der Waals surface area contributed by atoms with Crippen molar-refractivity contribution in [2.75, 3.05) is 30.3 Å². The second kappa shape index (κ2) is 9.53. The van der Waals surface area contributed by atoms with E-state index in [1.54, 1.807) is 18.2 Å². The molecule has 0 aromatic heterocycles. The molecule has 1 saturated heterocycles. The number of benzene rings is 1. The molecule has 1 aromatic rings. The van der Waals surface area contributed by atoms with E-state index < -0.39 is 0 Å². The number of likely N-dealkylation sites (tertiary alicyclic amines) is 1. The summed E-state index contributed by atoms with van der Waals surface area (Å²) in [6.45, 7) is 5.41. The molecule has 138 valence electrons. The quantitative estimate of drug-likeness (QED) is 0.738. The van der Waals surface area contributed by atoms with E-state index in [1.807, 2.05) is 13.0 Å². The van der Waals surface area contributed by atoms with Crippen LogP contribution in [0.2, 0.25) is 0 Å². The Hall–Kier alpha value is -1.92. The van der Waals surface area contributed by atoms with Gasteiger partial charge in [0.05, 0.1) is 6.04 Å². The average Bonchev–Trinajstić information content (AvgIpc) is 2.80. The molecule has 25 heavy (non-hydrogen) atoms. The third kappa shape index (κ3) is 6.14. The van der Waals surface area contributed by atoms with Gasteiger partial charge in [-0.15, -0.1) is 0 Å². The molecular weight excluding hydrogens is 318 g/mol. The highest BCUT2D eigenvalue weighted by Gasteiger charge is 2.24. The summed E-state index contributed by atoms with van der Waals surface area (Å²) in [7, 11) is 0. The van der Waals surface area contributed by atoms with Gasteiger partial charge in [0.15, 0.2) is 0 Å². The summed E-state index contributed by atoms with van der Waals surface area (Å²) < 4.78 is 0. The van der Waals surface area contributed by atoms with Gasteiger partial charge in [-0.3, -0.25) is 14.5 Å². The Bertz CT molecular complexity index is 591. The molecule has 1 heterocycles. The number of anilines is 2. The van der Waals surface area contributed by atoms with Crippen molar-refractivity contribution in [3.63, 3.8) is 0 Å². The Morgan fingerprint density at radius 3 is 2.64 bits per heavy atom. The van der Waals surface area contributed by atoms with Crippen LogP contribution in [0.1, 0.15) is 39.5 Å². The normalized spacial score (nSPS) is 19.7. The third-order valence-corrected chi connectivity index (χ3v) is 4.80. The lowest BCUT2D eigenvalue weighted by Gasteiger charge is -2.26. The van der Waals surface area contributed by atoms with E-state index in [2.05, 4.69) is 15.5 Å². The molecule has 0 radical (unpaired) electrons. The zero-order valence-electron chi connectivity index (χ0n) is 15.1. The van der Waals surface area contributed by atoms with Gasteiger partial charge >= 0.3 is 0 Å². The molecule has 2 rings (SSSR count). The third-order valence-electron chi connectivity index (χ3n) is 4.80. The summed E-state index contributed by atoms with van der Waals surface area (Å²) in [5.74, 6) is 0.374. The highest BCUT2D eigenvalue weighted by atomic mass is 16.3. The van der Waals surface area contributed by atoms with Crippen molar-refractivity contribution in [3.05, 3.63) is 24.3 Å². The van der Waals surface area contributed by atoms with E-state index in [0.717, 1.165) is 38.8 Å². The van der Waals surface area contributed by atoms with Crippen LogP contribution < -0.4 is 10.6 Å². The van der Waals surface area contributed by atoms with Gasteiger partial charge < -0.3 is 15.7 Å². The van der Waals surface area contributed by atoms with Gasteiger partial charge in [0, 0.05) is 24.9 Å². The number of carbonyl (C=O) groups excluding carboxylic acids is 2. The lowest BCUT2D eigenvalue weighted by molar-refractivity contribution is -0.120. The van der Waals surface area contributed by atoms with Crippen molar-refractivity contribution >= 4 is 23.2 Å². The molecule has 3 N–H and O–H groups in total. The second-order valence-corrected chi connectivity index (χ2v) is 6.77. The minimum atomic E-state index is -0.211. The molecule has 1 fully saturated rings. The molecule has 6 heteroatoms. The molecule has 2 amide bonds. The van der Waals surface area contributed by atoms with Gasteiger partial charge in [-0.2, -0.15) is 0 Å². The molecular formula is C19H29N3O3. The Balaban J connectivity index is 1.92. The number of nitrogens with zero attached hydrogens (tertiary/aromatic N) is 1. The zero-order valence-corrected chi connectivity index (χ0v) is 15.1. The summed E-state index contributed by atoms with van der Waals surface area (Å²) >= 11 is 0. The fourth-order valence-corrected chi connectivity index (χ4v) is 3.34. The summed E-state index contributed by atoms with van der Waals surface area (Å²) in [6.07, 6.45) is 4.05. The van der Waals surface area contributed by atoms with Crippen molar-refractivity contribution in [2.24, 2.45) is 5.92 Å². The Labute approximate surface area is 149 Å². The van der Waals surface area contributed by atoms with E-state index in [-0.39, 0.29) is 24.5 Å². The fraction of sp³-hybridized carbons (Fsp3) is 0.579. The van der Waals surface area contributed by atoms with E-state index in [4.69, 9.17) is 5.11 Å². The highest BCUT2D eigenvalue weighted by Crippen LogP contribution is 2.22. The first-order chi connectivity index (χ1) is 12.0. The number of aliphatic hydroxyl groups excluding tert-OH is 1. The van der Waals surface area contributed by atoms with E-state index >= 15 is 0 Å². The van der Waals surface area contributed by atoms with Gasteiger partial charge in [-0.25, -0.2) is 0 Å². The van der Waals surface area contributed by atoms with Gasteiger partial charge in [0.1, 0.15) is 0 Å². The van der Waals surface area contributed by atoms with E-state index in [0.29, 0.717) is 17.3 Å². The topological polar surface area (TPSA) is 81.7 Å². The molecule has 0 saturated carbocycles. The minimum absolute atomic E-state index is 0.0411. The monoisotopic (exact) mass is 347 g/mol. The maximum Gasteiger partial charge on any atom is 0.241 e. The van der Waals surface area contributed by atoms with Gasteiger partial charge in [-0.1, -0.05) is 6.07 Å². The molecule has 1 aliphatic heterocycles. The Kier molecular flexibility index (Phi) is 7.40. The van der Waals surface area contributed by atoms with E-state index in [1.165, 1.54) is 6.92 Å². The van der Waals surface area contributed by atoms with Crippen LogP contribution in [0.4, 0.5) is 11.4 Å². The van der Waals surface area contributed by atoms with Crippen molar-refractivity contribution < 1.29 is 14.7 Å². The summed E-state index contributed by atoms with van der Waals surface area (Å²) in [5.41, 5.74) is 1.34. The number of nitrogens with one attached hydrogen (secondary N) is 2. The first-order valence-corrected chi connectivity index (χ1v) is 9.03. The smallest absolute Gasteiger partial charge is 0.241 e. The molecule has 1 aromatic carbocycles.